The van der Waals surface area contributed by atoms with Crippen molar-refractivity contribution in [2.45, 2.75) is 51.2 Å². The second kappa shape index (κ2) is 7.72. The van der Waals surface area contributed by atoms with Crippen molar-refractivity contribution in [3.63, 3.8) is 0 Å². The van der Waals surface area contributed by atoms with E-state index in [2.05, 4.69) is 58.5 Å². The van der Waals surface area contributed by atoms with Crippen molar-refractivity contribution in [3.8, 4) is 0 Å². The van der Waals surface area contributed by atoms with Gasteiger partial charge in [-0.2, -0.15) is 5.10 Å². The van der Waals surface area contributed by atoms with Gasteiger partial charge in [-0.15, -0.1) is 0 Å². The van der Waals surface area contributed by atoms with Gasteiger partial charge in [-0.05, 0) is 31.4 Å². The van der Waals surface area contributed by atoms with E-state index in [9.17, 15) is 4.79 Å². The van der Waals surface area contributed by atoms with Gasteiger partial charge in [-0.1, -0.05) is 31.0 Å². The molecule has 27 heavy (non-hydrogen) atoms. The third-order valence-electron chi connectivity index (χ3n) is 5.89. The van der Waals surface area contributed by atoms with E-state index in [-0.39, 0.29) is 5.91 Å². The quantitative estimate of drug-likeness (QED) is 0.901. The molecule has 1 aromatic carbocycles. The van der Waals surface area contributed by atoms with Gasteiger partial charge in [0.25, 0.3) is 0 Å². The van der Waals surface area contributed by atoms with Gasteiger partial charge < -0.3 is 10.2 Å². The van der Waals surface area contributed by atoms with Crippen LogP contribution in [0.5, 0.6) is 0 Å². The number of fused-ring (bicyclic) bond motifs is 1. The molecule has 4 rings (SSSR count). The molecule has 2 aliphatic rings. The zero-order valence-electron chi connectivity index (χ0n) is 16.3. The third-order valence-corrected chi connectivity index (χ3v) is 5.89. The highest BCUT2D eigenvalue weighted by Gasteiger charge is 2.26. The summed E-state index contributed by atoms with van der Waals surface area (Å²) in [6.45, 7) is 4.28. The van der Waals surface area contributed by atoms with Gasteiger partial charge in [0.15, 0.2) is 0 Å². The Morgan fingerprint density at radius 1 is 1.22 bits per heavy atom. The zero-order chi connectivity index (χ0) is 18.8. The van der Waals surface area contributed by atoms with Crippen LogP contribution in [0.3, 0.4) is 0 Å². The standard InChI is InChI=1S/C21H29N5O/c1-16-13-24(2)19-10-6-3-7-17(19)14-25(16)15-21(27)23-20-11-12-22-26(20)18-8-4-5-9-18/h3,6-7,10-12,16,18H,4-5,8-9,13-15H2,1-2H3,(H,23,27)/t16-/m1/s1. The van der Waals surface area contributed by atoms with Gasteiger partial charge in [0.05, 0.1) is 18.8 Å². The Bertz CT molecular complexity index is 795. The minimum atomic E-state index is 0.0311. The van der Waals surface area contributed by atoms with Crippen LogP contribution in [0, 0.1) is 0 Å². The number of rotatable bonds is 4. The summed E-state index contributed by atoms with van der Waals surface area (Å²) in [5, 5.41) is 7.55. The molecule has 0 spiro atoms. The molecule has 144 valence electrons. The number of nitrogens with zero attached hydrogens (tertiary/aromatic N) is 4. The average Bonchev–Trinajstić information content (AvgIpc) is 3.30. The Hall–Kier alpha value is -2.34. The highest BCUT2D eigenvalue weighted by Crippen LogP contribution is 2.31. The van der Waals surface area contributed by atoms with Crippen molar-refractivity contribution in [2.24, 2.45) is 0 Å². The van der Waals surface area contributed by atoms with Crippen molar-refractivity contribution in [1.29, 1.82) is 0 Å². The van der Waals surface area contributed by atoms with E-state index < -0.39 is 0 Å². The molecule has 2 heterocycles. The summed E-state index contributed by atoms with van der Waals surface area (Å²) >= 11 is 0. The Kier molecular flexibility index (Phi) is 5.16. The third kappa shape index (κ3) is 3.86. The van der Waals surface area contributed by atoms with Crippen molar-refractivity contribution in [3.05, 3.63) is 42.1 Å². The predicted molar refractivity (Wildman–Crippen MR) is 108 cm³/mol. The number of anilines is 2. The van der Waals surface area contributed by atoms with Gasteiger partial charge in [-0.25, -0.2) is 4.68 Å². The van der Waals surface area contributed by atoms with E-state index in [1.807, 2.05) is 10.7 Å². The first-order valence-electron chi connectivity index (χ1n) is 9.98. The summed E-state index contributed by atoms with van der Waals surface area (Å²) in [5.74, 6) is 0.857. The lowest BCUT2D eigenvalue weighted by Crippen LogP contribution is -2.42. The predicted octanol–water partition coefficient (Wildman–Crippen LogP) is 3.28. The lowest BCUT2D eigenvalue weighted by atomic mass is 10.1. The monoisotopic (exact) mass is 367 g/mol. The molecule has 0 unspecified atom stereocenters. The largest absolute Gasteiger partial charge is 0.373 e. The van der Waals surface area contributed by atoms with Crippen LogP contribution in [0.1, 0.15) is 44.2 Å². The second-order valence-corrected chi connectivity index (χ2v) is 7.91. The van der Waals surface area contributed by atoms with E-state index >= 15 is 0 Å². The zero-order valence-corrected chi connectivity index (χ0v) is 16.3. The maximum Gasteiger partial charge on any atom is 0.239 e. The van der Waals surface area contributed by atoms with E-state index in [0.717, 1.165) is 31.7 Å². The molecule has 0 bridgehead atoms. The van der Waals surface area contributed by atoms with Gasteiger partial charge in [0.1, 0.15) is 5.82 Å². The van der Waals surface area contributed by atoms with Crippen LogP contribution in [0.25, 0.3) is 0 Å². The molecule has 6 heteroatoms. The minimum absolute atomic E-state index is 0.0311. The van der Waals surface area contributed by atoms with Gasteiger partial charge in [0, 0.05) is 37.9 Å². The maximum absolute atomic E-state index is 12.8. The highest BCUT2D eigenvalue weighted by molar-refractivity contribution is 5.91. The number of carbonyl (C=O) groups is 1. The van der Waals surface area contributed by atoms with Crippen LogP contribution in [-0.4, -0.2) is 46.8 Å². The van der Waals surface area contributed by atoms with E-state index in [0.29, 0.717) is 18.6 Å². The smallest absolute Gasteiger partial charge is 0.239 e. The van der Waals surface area contributed by atoms with Crippen LogP contribution in [0.2, 0.25) is 0 Å². The summed E-state index contributed by atoms with van der Waals surface area (Å²) in [6, 6.07) is 11.1. The number of hydrogen-bond acceptors (Lipinski definition) is 4. The molecule has 0 radical (unpaired) electrons. The summed E-state index contributed by atoms with van der Waals surface area (Å²) in [6.07, 6.45) is 6.58. The van der Waals surface area contributed by atoms with Gasteiger partial charge in [-0.3, -0.25) is 9.69 Å². The number of benzene rings is 1. The molecule has 1 saturated carbocycles. The molecule has 1 amide bonds. The molecule has 6 nitrogen and oxygen atoms in total. The van der Waals surface area contributed by atoms with E-state index in [1.165, 1.54) is 24.1 Å². The van der Waals surface area contributed by atoms with Crippen LogP contribution in [0.15, 0.2) is 36.5 Å². The fraction of sp³-hybridized carbons (Fsp3) is 0.524. The molecule has 0 saturated heterocycles. The minimum Gasteiger partial charge on any atom is -0.373 e. The number of carbonyl (C=O) groups excluding carboxylic acids is 1. The molecule has 1 aliphatic carbocycles. The molecular weight excluding hydrogens is 338 g/mol. The SMILES string of the molecule is C[C@@H]1CN(C)c2ccccc2CN1CC(=O)Nc1ccnn1C1CCCC1. The lowest BCUT2D eigenvalue weighted by molar-refractivity contribution is -0.117. The maximum atomic E-state index is 12.8. The van der Waals surface area contributed by atoms with E-state index in [4.69, 9.17) is 0 Å². The Labute approximate surface area is 161 Å². The number of para-hydroxylation sites is 1. The number of aromatic nitrogens is 2. The number of hydrogen-bond donors (Lipinski definition) is 1. The number of likely N-dealkylation sites (N-methyl/N-ethyl adjacent to an activating group) is 1. The second-order valence-electron chi connectivity index (χ2n) is 7.91. The normalized spacial score (nSPS) is 21.1. The van der Waals surface area contributed by atoms with Gasteiger partial charge >= 0.3 is 0 Å². The van der Waals surface area contributed by atoms with Crippen molar-refractivity contribution >= 4 is 17.4 Å². The van der Waals surface area contributed by atoms with Crippen LogP contribution in [-0.2, 0) is 11.3 Å². The fourth-order valence-corrected chi connectivity index (χ4v) is 4.43. The van der Waals surface area contributed by atoms with Crippen LogP contribution >= 0.6 is 0 Å². The van der Waals surface area contributed by atoms with Gasteiger partial charge in [0.2, 0.25) is 5.91 Å². The number of nitrogens with one attached hydrogen (secondary N) is 1. The topological polar surface area (TPSA) is 53.4 Å². The summed E-state index contributed by atoms with van der Waals surface area (Å²) in [7, 11) is 2.12. The van der Waals surface area contributed by atoms with Crippen molar-refractivity contribution in [1.82, 2.24) is 14.7 Å². The Balaban J connectivity index is 1.44. The average molecular weight is 367 g/mol. The Morgan fingerprint density at radius 3 is 2.81 bits per heavy atom. The van der Waals surface area contributed by atoms with Crippen molar-refractivity contribution in [2.75, 3.05) is 30.4 Å². The molecular formula is C21H29N5O. The fourth-order valence-electron chi connectivity index (χ4n) is 4.43. The molecule has 2 aromatic rings. The van der Waals surface area contributed by atoms with Crippen LogP contribution in [0.4, 0.5) is 11.5 Å². The van der Waals surface area contributed by atoms with E-state index in [1.54, 1.807) is 6.20 Å². The first kappa shape index (κ1) is 18.0. The first-order chi connectivity index (χ1) is 13.1. The number of amides is 1. The van der Waals surface area contributed by atoms with Crippen LogP contribution < -0.4 is 10.2 Å². The lowest BCUT2D eigenvalue weighted by Gasteiger charge is -2.27. The molecule has 1 aromatic heterocycles. The Morgan fingerprint density at radius 2 is 2.00 bits per heavy atom. The highest BCUT2D eigenvalue weighted by atomic mass is 16.2. The first-order valence-corrected chi connectivity index (χ1v) is 9.98. The molecule has 1 atom stereocenters. The molecule has 1 aliphatic heterocycles. The summed E-state index contributed by atoms with van der Waals surface area (Å²) < 4.78 is 2.00. The summed E-state index contributed by atoms with van der Waals surface area (Å²) in [4.78, 5) is 17.3. The van der Waals surface area contributed by atoms with Crippen molar-refractivity contribution < 1.29 is 4.79 Å². The molecule has 1 N–H and O–H groups in total. The molecule has 1 fully saturated rings. The summed E-state index contributed by atoms with van der Waals surface area (Å²) in [5.41, 5.74) is 2.53.